The van der Waals surface area contributed by atoms with Crippen molar-refractivity contribution in [2.24, 2.45) is 10.6 Å². The highest BCUT2D eigenvalue weighted by molar-refractivity contribution is 8.00. The lowest BCUT2D eigenvalue weighted by molar-refractivity contribution is -0.160. The number of fused-ring (bicyclic) bond motifs is 1. The number of β-lactam (4-membered cyclic amide) rings is 1. The van der Waals surface area contributed by atoms with Crippen molar-refractivity contribution in [3.63, 3.8) is 0 Å². The number of ether oxygens (including phenoxy) is 3. The number of thioether (sulfide) groups is 1. The van der Waals surface area contributed by atoms with Gasteiger partial charge < -0.3 is 30.5 Å². The Hall–Kier alpha value is -2.75. The number of thiazole rings is 1. The first kappa shape index (κ1) is 29.2. The maximum Gasteiger partial charge on any atom is 0.314 e. The first-order valence-corrected chi connectivity index (χ1v) is 14.7. The van der Waals surface area contributed by atoms with Crippen LogP contribution in [0.15, 0.2) is 21.8 Å². The molecule has 0 aromatic carbocycles. The molecule has 0 bridgehead atoms. The van der Waals surface area contributed by atoms with Gasteiger partial charge in [0.05, 0.1) is 17.2 Å². The fourth-order valence-corrected chi connectivity index (χ4v) is 6.51. The summed E-state index contributed by atoms with van der Waals surface area (Å²) in [6.07, 6.45) is 3.55. The highest BCUT2D eigenvalue weighted by Crippen LogP contribution is 2.42. The molecule has 4 N–H and O–H groups in total. The van der Waals surface area contributed by atoms with Crippen molar-refractivity contribution in [3.8, 4) is 0 Å². The van der Waals surface area contributed by atoms with Crippen LogP contribution in [-0.2, 0) is 28.6 Å². The van der Waals surface area contributed by atoms with E-state index in [1.54, 1.807) is 20.8 Å². The minimum Gasteiger partial charge on any atom is -0.445 e. The molecular weight excluding hydrogens is 566 g/mol. The van der Waals surface area contributed by atoms with Gasteiger partial charge in [0.15, 0.2) is 10.8 Å². The van der Waals surface area contributed by atoms with E-state index in [0.29, 0.717) is 24.5 Å². The quantitative estimate of drug-likeness (QED) is 0.0766. The minimum atomic E-state index is -0.890. The first-order valence-electron chi connectivity index (χ1n) is 12.4. The predicted molar refractivity (Wildman–Crippen MR) is 149 cm³/mol. The van der Waals surface area contributed by atoms with Crippen LogP contribution in [0, 0.1) is 5.41 Å². The molecule has 2 unspecified atom stereocenters. The molecule has 4 rings (SSSR count). The fourth-order valence-electron chi connectivity index (χ4n) is 4.31. The Bertz CT molecular complexity index is 1200. The molecule has 39 heavy (non-hydrogen) atoms. The van der Waals surface area contributed by atoms with Crippen molar-refractivity contribution >= 4 is 69.0 Å². The van der Waals surface area contributed by atoms with Gasteiger partial charge in [0.25, 0.3) is 11.8 Å². The number of esters is 1. The molecular formula is C24H31N5O7S3. The zero-order valence-electron chi connectivity index (χ0n) is 21.8. The van der Waals surface area contributed by atoms with E-state index in [2.05, 4.69) is 15.5 Å². The minimum absolute atomic E-state index is 0.00293. The Kier molecular flexibility index (Phi) is 9.14. The third kappa shape index (κ3) is 6.53. The third-order valence-corrected chi connectivity index (χ3v) is 8.67. The van der Waals surface area contributed by atoms with Crippen LogP contribution in [-0.4, -0.2) is 80.3 Å². The summed E-state index contributed by atoms with van der Waals surface area (Å²) in [6.45, 7) is 5.47. The van der Waals surface area contributed by atoms with E-state index in [1.165, 1.54) is 22.0 Å². The number of nitrogens with one attached hydrogen (secondary N) is 1. The van der Waals surface area contributed by atoms with Gasteiger partial charge in [0.1, 0.15) is 17.1 Å². The average Bonchev–Trinajstić information content (AvgIpc) is 3.32. The van der Waals surface area contributed by atoms with Gasteiger partial charge in [-0.2, -0.15) is 0 Å². The molecule has 0 radical (unpaired) electrons. The monoisotopic (exact) mass is 597 g/mol. The number of carbonyl (C=O) groups is 3. The largest absolute Gasteiger partial charge is 0.445 e. The molecule has 1 aromatic heterocycles. The molecule has 212 valence electrons. The standard InChI is InChI=1S/C24H31N5O7S3/c1-24(2,3)22(32)36-11-35-21(37)17-12(8-13-6-4-5-7-34-13)9-38-20-16(19(31)29(17)20)27-18(30)15(28-33)14-10-39-23(25)26-14/h10,13,16,20,33H,4-9,11H2,1-3H3,(H2,25,26)(H,27,30)/b28-15-/t13?,16?,20-/m1/s1. The molecule has 1 aromatic rings. The number of hydrogen-bond donors (Lipinski definition) is 3. The van der Waals surface area contributed by atoms with E-state index in [4.69, 9.17) is 32.2 Å². The van der Waals surface area contributed by atoms with E-state index in [-0.39, 0.29) is 27.7 Å². The highest BCUT2D eigenvalue weighted by atomic mass is 32.2. The van der Waals surface area contributed by atoms with Crippen LogP contribution in [0.1, 0.15) is 52.1 Å². The topological polar surface area (TPSA) is 166 Å². The van der Waals surface area contributed by atoms with Gasteiger partial charge in [-0.3, -0.25) is 19.3 Å². The number of oxime groups is 1. The van der Waals surface area contributed by atoms with Crippen LogP contribution in [0.4, 0.5) is 5.13 Å². The number of hydrogen-bond acceptors (Lipinski definition) is 13. The number of nitrogens with two attached hydrogens (primary N) is 1. The first-order chi connectivity index (χ1) is 18.5. The summed E-state index contributed by atoms with van der Waals surface area (Å²) in [5, 5.41) is 16.3. The molecule has 3 atom stereocenters. The molecule has 4 heterocycles. The number of aromatic nitrogens is 1. The Morgan fingerprint density at radius 1 is 1.36 bits per heavy atom. The van der Waals surface area contributed by atoms with E-state index in [9.17, 15) is 19.6 Å². The van der Waals surface area contributed by atoms with Gasteiger partial charge in [0, 0.05) is 17.7 Å². The third-order valence-electron chi connectivity index (χ3n) is 6.35. The number of nitrogen functional groups attached to an aromatic ring is 1. The van der Waals surface area contributed by atoms with Gasteiger partial charge in [-0.05, 0) is 64.2 Å². The molecule has 0 spiro atoms. The summed E-state index contributed by atoms with van der Waals surface area (Å²) in [5.41, 5.74) is 6.00. The Labute approximate surface area is 239 Å². The summed E-state index contributed by atoms with van der Waals surface area (Å²) in [4.78, 5) is 43.8. The van der Waals surface area contributed by atoms with Crippen LogP contribution in [0.5, 0.6) is 0 Å². The normalized spacial score (nSPS) is 23.6. The molecule has 15 heteroatoms. The van der Waals surface area contributed by atoms with Crippen LogP contribution < -0.4 is 11.1 Å². The summed E-state index contributed by atoms with van der Waals surface area (Å²) in [5.74, 6) is -1.07. The summed E-state index contributed by atoms with van der Waals surface area (Å²) < 4.78 is 16.7. The predicted octanol–water partition coefficient (Wildman–Crippen LogP) is 2.41. The van der Waals surface area contributed by atoms with Crippen molar-refractivity contribution in [1.29, 1.82) is 0 Å². The molecule has 2 saturated heterocycles. The molecule has 3 aliphatic heterocycles. The van der Waals surface area contributed by atoms with E-state index < -0.39 is 41.4 Å². The SMILES string of the molecule is CC(C)(C)C(=O)OCOC(=S)C1=C(CC2CCCCO2)CS[C@@H]2C(NC(=O)/C(=N\O)c3csc(N)n3)C(=O)N12. The summed E-state index contributed by atoms with van der Waals surface area (Å²) in [6, 6.07) is -0.890. The van der Waals surface area contributed by atoms with Gasteiger partial charge >= 0.3 is 5.97 Å². The number of amides is 2. The zero-order valence-corrected chi connectivity index (χ0v) is 24.2. The maximum atomic E-state index is 13.3. The lowest BCUT2D eigenvalue weighted by Crippen LogP contribution is -2.71. The van der Waals surface area contributed by atoms with Gasteiger partial charge in [0.2, 0.25) is 11.8 Å². The molecule has 2 amide bonds. The number of nitrogens with zero attached hydrogens (tertiary/aromatic N) is 3. The van der Waals surface area contributed by atoms with Crippen molar-refractivity contribution in [1.82, 2.24) is 15.2 Å². The summed E-state index contributed by atoms with van der Waals surface area (Å²) in [7, 11) is 0. The smallest absolute Gasteiger partial charge is 0.314 e. The van der Waals surface area contributed by atoms with Crippen molar-refractivity contribution in [2.75, 3.05) is 24.9 Å². The number of thiocarbonyl (C=S) groups is 1. The molecule has 0 aliphatic carbocycles. The van der Waals surface area contributed by atoms with Crippen molar-refractivity contribution in [3.05, 3.63) is 22.3 Å². The van der Waals surface area contributed by atoms with Crippen molar-refractivity contribution < 1.29 is 33.8 Å². The Balaban J connectivity index is 1.49. The Morgan fingerprint density at radius 2 is 2.13 bits per heavy atom. The number of anilines is 1. The molecule has 2 fully saturated rings. The van der Waals surface area contributed by atoms with Crippen LogP contribution >= 0.6 is 35.3 Å². The van der Waals surface area contributed by atoms with Gasteiger partial charge in [-0.1, -0.05) is 5.16 Å². The molecule has 12 nitrogen and oxygen atoms in total. The summed E-state index contributed by atoms with van der Waals surface area (Å²) >= 11 is 8.13. The van der Waals surface area contributed by atoms with Crippen LogP contribution in [0.2, 0.25) is 0 Å². The van der Waals surface area contributed by atoms with Crippen molar-refractivity contribution in [2.45, 2.75) is 64.0 Å². The maximum absolute atomic E-state index is 13.3. The average molecular weight is 598 g/mol. The van der Waals surface area contributed by atoms with Gasteiger partial charge in [-0.15, -0.1) is 23.1 Å². The van der Waals surface area contributed by atoms with Crippen LogP contribution in [0.3, 0.4) is 0 Å². The van der Waals surface area contributed by atoms with Crippen LogP contribution in [0.25, 0.3) is 0 Å². The highest BCUT2D eigenvalue weighted by Gasteiger charge is 2.54. The second-order valence-corrected chi connectivity index (χ2v) is 12.6. The van der Waals surface area contributed by atoms with E-state index in [1.807, 2.05) is 0 Å². The molecule has 0 saturated carbocycles. The van der Waals surface area contributed by atoms with E-state index >= 15 is 0 Å². The number of carbonyl (C=O) groups excluding carboxylic acids is 3. The zero-order chi connectivity index (χ0) is 28.3. The lowest BCUT2D eigenvalue weighted by atomic mass is 9.97. The fraction of sp³-hybridized carbons (Fsp3) is 0.583. The molecule has 3 aliphatic rings. The lowest BCUT2D eigenvalue weighted by Gasteiger charge is -2.50. The van der Waals surface area contributed by atoms with Gasteiger partial charge in [-0.25, -0.2) is 4.98 Å². The van der Waals surface area contributed by atoms with E-state index in [0.717, 1.165) is 36.2 Å². The number of rotatable bonds is 8. The second kappa shape index (κ2) is 12.2. The Morgan fingerprint density at radius 3 is 2.74 bits per heavy atom. The second-order valence-electron chi connectivity index (χ2n) is 10.3.